The number of benzene rings is 1. The fourth-order valence-electron chi connectivity index (χ4n) is 3.52. The van der Waals surface area contributed by atoms with E-state index in [0.29, 0.717) is 24.5 Å². The van der Waals surface area contributed by atoms with Gasteiger partial charge >= 0.3 is 5.97 Å². The van der Waals surface area contributed by atoms with E-state index in [-0.39, 0.29) is 17.9 Å². The molecule has 5 nitrogen and oxygen atoms in total. The third-order valence-electron chi connectivity index (χ3n) is 4.84. The van der Waals surface area contributed by atoms with Crippen molar-refractivity contribution in [1.82, 2.24) is 10.3 Å². The van der Waals surface area contributed by atoms with Gasteiger partial charge in [0.1, 0.15) is 0 Å². The van der Waals surface area contributed by atoms with E-state index in [0.717, 1.165) is 36.6 Å². The molecule has 1 aromatic carbocycles. The van der Waals surface area contributed by atoms with E-state index < -0.39 is 0 Å². The summed E-state index contributed by atoms with van der Waals surface area (Å²) in [7, 11) is 0. The fourth-order valence-corrected chi connectivity index (χ4v) is 3.52. The summed E-state index contributed by atoms with van der Waals surface area (Å²) < 4.78 is 5.02. The SMILES string of the molecule is CCOC(=O)CC1CCC(NC(=O)c2ccnc3ccccc23)CC1. The van der Waals surface area contributed by atoms with Gasteiger partial charge in [0.25, 0.3) is 5.91 Å². The molecule has 0 aliphatic heterocycles. The molecule has 25 heavy (non-hydrogen) atoms. The molecular weight excluding hydrogens is 316 g/mol. The van der Waals surface area contributed by atoms with Crippen molar-refractivity contribution in [2.75, 3.05) is 6.61 Å². The smallest absolute Gasteiger partial charge is 0.306 e. The van der Waals surface area contributed by atoms with Gasteiger partial charge in [-0.15, -0.1) is 0 Å². The zero-order valence-electron chi connectivity index (χ0n) is 14.5. The van der Waals surface area contributed by atoms with Crippen LogP contribution in [-0.4, -0.2) is 29.5 Å². The molecule has 1 saturated carbocycles. The zero-order valence-corrected chi connectivity index (χ0v) is 14.5. The average molecular weight is 340 g/mol. The number of nitrogens with zero attached hydrogens (tertiary/aromatic N) is 1. The lowest BCUT2D eigenvalue weighted by Gasteiger charge is -2.28. The van der Waals surface area contributed by atoms with Gasteiger partial charge < -0.3 is 10.1 Å². The highest BCUT2D eigenvalue weighted by Gasteiger charge is 2.25. The minimum absolute atomic E-state index is 0.0487. The minimum Gasteiger partial charge on any atom is -0.466 e. The lowest BCUT2D eigenvalue weighted by atomic mass is 9.84. The van der Waals surface area contributed by atoms with Gasteiger partial charge in [-0.05, 0) is 50.7 Å². The molecule has 1 fully saturated rings. The second-order valence-corrected chi connectivity index (χ2v) is 6.58. The van der Waals surface area contributed by atoms with Gasteiger partial charge in [0.2, 0.25) is 0 Å². The van der Waals surface area contributed by atoms with Crippen LogP contribution in [-0.2, 0) is 9.53 Å². The molecule has 0 bridgehead atoms. The normalized spacial score (nSPS) is 20.2. The van der Waals surface area contributed by atoms with E-state index in [1.165, 1.54) is 0 Å². The predicted octanol–water partition coefficient (Wildman–Crippen LogP) is 3.48. The Bertz CT molecular complexity index is 746. The van der Waals surface area contributed by atoms with Gasteiger partial charge in [-0.3, -0.25) is 14.6 Å². The number of fused-ring (bicyclic) bond motifs is 1. The molecule has 0 saturated heterocycles. The largest absolute Gasteiger partial charge is 0.466 e. The summed E-state index contributed by atoms with van der Waals surface area (Å²) >= 11 is 0. The Labute approximate surface area is 147 Å². The summed E-state index contributed by atoms with van der Waals surface area (Å²) in [4.78, 5) is 28.5. The van der Waals surface area contributed by atoms with Crippen molar-refractivity contribution < 1.29 is 14.3 Å². The van der Waals surface area contributed by atoms with Gasteiger partial charge in [-0.1, -0.05) is 18.2 Å². The van der Waals surface area contributed by atoms with E-state index >= 15 is 0 Å². The Hall–Kier alpha value is -2.43. The van der Waals surface area contributed by atoms with Gasteiger partial charge in [-0.2, -0.15) is 0 Å². The second-order valence-electron chi connectivity index (χ2n) is 6.58. The monoisotopic (exact) mass is 340 g/mol. The van der Waals surface area contributed by atoms with Gasteiger partial charge in [0.05, 0.1) is 17.7 Å². The highest BCUT2D eigenvalue weighted by molar-refractivity contribution is 6.06. The number of pyridine rings is 1. The van der Waals surface area contributed by atoms with Crippen molar-refractivity contribution in [3.05, 3.63) is 42.1 Å². The van der Waals surface area contributed by atoms with Crippen LogP contribution in [0.25, 0.3) is 10.9 Å². The highest BCUT2D eigenvalue weighted by atomic mass is 16.5. The molecule has 1 heterocycles. The molecule has 1 N–H and O–H groups in total. The maximum absolute atomic E-state index is 12.7. The number of hydrogen-bond donors (Lipinski definition) is 1. The quantitative estimate of drug-likeness (QED) is 0.846. The van der Waals surface area contributed by atoms with E-state index in [4.69, 9.17) is 4.74 Å². The number of amides is 1. The summed E-state index contributed by atoms with van der Waals surface area (Å²) in [5.74, 6) is 0.208. The molecule has 5 heteroatoms. The summed E-state index contributed by atoms with van der Waals surface area (Å²) in [5, 5.41) is 4.02. The van der Waals surface area contributed by atoms with Crippen LogP contribution in [0, 0.1) is 5.92 Å². The maximum atomic E-state index is 12.7. The molecule has 0 radical (unpaired) electrons. The second kappa shape index (κ2) is 8.10. The molecule has 1 aliphatic rings. The summed E-state index contributed by atoms with van der Waals surface area (Å²) in [5.41, 5.74) is 1.49. The van der Waals surface area contributed by atoms with E-state index in [1.807, 2.05) is 31.2 Å². The van der Waals surface area contributed by atoms with Gasteiger partial charge in [-0.25, -0.2) is 0 Å². The first-order valence-electron chi connectivity index (χ1n) is 8.97. The number of carbonyl (C=O) groups is 2. The molecule has 132 valence electrons. The third-order valence-corrected chi connectivity index (χ3v) is 4.84. The van der Waals surface area contributed by atoms with E-state index in [2.05, 4.69) is 10.3 Å². The third kappa shape index (κ3) is 4.35. The first-order chi connectivity index (χ1) is 12.2. The first-order valence-corrected chi connectivity index (χ1v) is 8.97. The van der Waals surface area contributed by atoms with Crippen LogP contribution in [0.5, 0.6) is 0 Å². The molecular formula is C20H24N2O3. The average Bonchev–Trinajstić information content (AvgIpc) is 2.63. The highest BCUT2D eigenvalue weighted by Crippen LogP contribution is 2.27. The standard InChI is InChI=1S/C20H24N2O3/c1-2-25-19(23)13-14-7-9-15(10-8-14)22-20(24)17-11-12-21-18-6-4-3-5-16(17)18/h3-6,11-12,14-15H,2,7-10,13H2,1H3,(H,22,24). The van der Waals surface area contributed by atoms with Gasteiger partial charge in [0.15, 0.2) is 0 Å². The lowest BCUT2D eigenvalue weighted by Crippen LogP contribution is -2.38. The fraction of sp³-hybridized carbons (Fsp3) is 0.450. The number of ether oxygens (including phenoxy) is 1. The summed E-state index contributed by atoms with van der Waals surface area (Å²) in [6, 6.07) is 9.60. The van der Waals surface area contributed by atoms with Crippen molar-refractivity contribution in [3.8, 4) is 0 Å². The van der Waals surface area contributed by atoms with Crippen molar-refractivity contribution in [2.45, 2.75) is 45.1 Å². The number of nitrogens with one attached hydrogen (secondary N) is 1. The molecule has 1 amide bonds. The number of hydrogen-bond acceptors (Lipinski definition) is 4. The van der Waals surface area contributed by atoms with Gasteiger partial charge in [0, 0.05) is 24.0 Å². The molecule has 2 aromatic rings. The van der Waals surface area contributed by atoms with Crippen LogP contribution < -0.4 is 5.32 Å². The van der Waals surface area contributed by atoms with Crippen LogP contribution in [0.15, 0.2) is 36.5 Å². The van der Waals surface area contributed by atoms with Crippen LogP contribution in [0.3, 0.4) is 0 Å². The summed E-state index contributed by atoms with van der Waals surface area (Å²) in [6.07, 6.45) is 5.86. The maximum Gasteiger partial charge on any atom is 0.306 e. The zero-order chi connectivity index (χ0) is 17.6. The number of para-hydroxylation sites is 1. The van der Waals surface area contributed by atoms with E-state index in [1.54, 1.807) is 12.3 Å². The number of carbonyl (C=O) groups excluding carboxylic acids is 2. The molecule has 1 aliphatic carbocycles. The molecule has 1 aromatic heterocycles. The van der Waals surface area contributed by atoms with Crippen LogP contribution in [0.2, 0.25) is 0 Å². The van der Waals surface area contributed by atoms with Crippen molar-refractivity contribution in [1.29, 1.82) is 0 Å². The van der Waals surface area contributed by atoms with Crippen molar-refractivity contribution in [3.63, 3.8) is 0 Å². The minimum atomic E-state index is -0.113. The van der Waals surface area contributed by atoms with E-state index in [9.17, 15) is 9.59 Å². The Balaban J connectivity index is 1.57. The Kier molecular flexibility index (Phi) is 5.64. The molecule has 0 spiro atoms. The molecule has 3 rings (SSSR count). The Morgan fingerprint density at radius 1 is 1.16 bits per heavy atom. The number of esters is 1. The topological polar surface area (TPSA) is 68.3 Å². The van der Waals surface area contributed by atoms with Crippen LogP contribution in [0.1, 0.15) is 49.4 Å². The van der Waals surface area contributed by atoms with Crippen molar-refractivity contribution in [2.24, 2.45) is 5.92 Å². The predicted molar refractivity (Wildman–Crippen MR) is 96.2 cm³/mol. The van der Waals surface area contributed by atoms with Crippen LogP contribution in [0.4, 0.5) is 0 Å². The summed E-state index contributed by atoms with van der Waals surface area (Å²) in [6.45, 7) is 2.26. The first kappa shape index (κ1) is 17.4. The number of aromatic nitrogens is 1. The van der Waals surface area contributed by atoms with Crippen LogP contribution >= 0.6 is 0 Å². The Morgan fingerprint density at radius 3 is 2.68 bits per heavy atom. The Morgan fingerprint density at radius 2 is 1.92 bits per heavy atom. The molecule has 0 unspecified atom stereocenters. The number of rotatable bonds is 5. The van der Waals surface area contributed by atoms with Crippen molar-refractivity contribution >= 4 is 22.8 Å². The lowest BCUT2D eigenvalue weighted by molar-refractivity contribution is -0.144. The molecule has 0 atom stereocenters.